The number of pyridine rings is 1. The highest BCUT2D eigenvalue weighted by atomic mass is 35.5. The summed E-state index contributed by atoms with van der Waals surface area (Å²) >= 11 is 5.96. The van der Waals surface area contributed by atoms with Gasteiger partial charge in [-0.25, -0.2) is 9.50 Å². The number of hydrogen-bond acceptors (Lipinski definition) is 3. The third-order valence-electron chi connectivity index (χ3n) is 5.32. The highest BCUT2D eigenvalue weighted by Gasteiger charge is 2.17. The Morgan fingerprint density at radius 1 is 1.00 bits per heavy atom. The Morgan fingerprint density at radius 2 is 1.77 bits per heavy atom. The Balaban J connectivity index is 1.68. The summed E-state index contributed by atoms with van der Waals surface area (Å²) in [5.41, 5.74) is 5.50. The molecular formula is C24H19ClN4O. The van der Waals surface area contributed by atoms with Crippen molar-refractivity contribution in [2.75, 3.05) is 0 Å². The van der Waals surface area contributed by atoms with Gasteiger partial charge in [0.1, 0.15) is 0 Å². The van der Waals surface area contributed by atoms with Crippen molar-refractivity contribution >= 4 is 28.2 Å². The molecule has 30 heavy (non-hydrogen) atoms. The van der Waals surface area contributed by atoms with E-state index in [1.54, 1.807) is 15.3 Å². The first-order chi connectivity index (χ1) is 14.7. The molecule has 148 valence electrons. The van der Waals surface area contributed by atoms with Crippen LogP contribution >= 0.6 is 11.6 Å². The van der Waals surface area contributed by atoms with Crippen LogP contribution in [-0.4, -0.2) is 19.2 Å². The van der Waals surface area contributed by atoms with Crippen LogP contribution in [0.25, 0.3) is 27.7 Å². The number of benzene rings is 2. The topological polar surface area (TPSA) is 52.2 Å². The Hall–Kier alpha value is -3.44. The SMILES string of the molecule is CCc1nn2c(ncc3c(=O)n(Cc4ccc(Cl)cc4)ccc32)c1-c1ccccc1. The van der Waals surface area contributed by atoms with Crippen LogP contribution < -0.4 is 5.56 Å². The number of halogens is 1. The Bertz CT molecular complexity index is 1420. The van der Waals surface area contributed by atoms with Gasteiger partial charge in [0.05, 0.1) is 23.1 Å². The number of rotatable bonds is 4. The largest absolute Gasteiger partial charge is 0.310 e. The quantitative estimate of drug-likeness (QED) is 0.417. The van der Waals surface area contributed by atoms with Crippen LogP contribution in [0.2, 0.25) is 5.02 Å². The molecule has 0 spiro atoms. The van der Waals surface area contributed by atoms with E-state index in [4.69, 9.17) is 16.7 Å². The fraction of sp³-hybridized carbons (Fsp3) is 0.125. The average Bonchev–Trinajstić information content (AvgIpc) is 3.17. The van der Waals surface area contributed by atoms with Gasteiger partial charge >= 0.3 is 0 Å². The second-order valence-corrected chi connectivity index (χ2v) is 7.65. The van der Waals surface area contributed by atoms with Gasteiger partial charge < -0.3 is 4.57 Å². The maximum absolute atomic E-state index is 13.1. The summed E-state index contributed by atoms with van der Waals surface area (Å²) in [4.78, 5) is 17.8. The Kier molecular flexibility index (Phi) is 4.60. The van der Waals surface area contributed by atoms with Crippen molar-refractivity contribution in [1.82, 2.24) is 19.2 Å². The highest BCUT2D eigenvalue weighted by molar-refractivity contribution is 6.30. The molecular weight excluding hydrogens is 396 g/mol. The Morgan fingerprint density at radius 3 is 2.50 bits per heavy atom. The predicted octanol–water partition coefficient (Wildman–Crippen LogP) is 4.98. The van der Waals surface area contributed by atoms with E-state index in [1.807, 2.05) is 54.7 Å². The van der Waals surface area contributed by atoms with Gasteiger partial charge in [0, 0.05) is 23.0 Å². The third kappa shape index (κ3) is 3.08. The van der Waals surface area contributed by atoms with Crippen LogP contribution in [0, 0.1) is 0 Å². The molecule has 6 heteroatoms. The molecule has 0 aliphatic rings. The number of nitrogens with zero attached hydrogens (tertiary/aromatic N) is 4. The van der Waals surface area contributed by atoms with Gasteiger partial charge in [-0.3, -0.25) is 4.79 Å². The molecule has 0 amide bonds. The summed E-state index contributed by atoms with van der Waals surface area (Å²) in [5.74, 6) is 0. The van der Waals surface area contributed by atoms with Crippen molar-refractivity contribution in [3.8, 4) is 11.1 Å². The minimum atomic E-state index is -0.0911. The van der Waals surface area contributed by atoms with Crippen molar-refractivity contribution in [1.29, 1.82) is 0 Å². The zero-order valence-corrected chi connectivity index (χ0v) is 17.2. The summed E-state index contributed by atoms with van der Waals surface area (Å²) in [7, 11) is 0. The average molecular weight is 415 g/mol. The maximum Gasteiger partial charge on any atom is 0.261 e. The minimum Gasteiger partial charge on any atom is -0.310 e. The normalized spacial score (nSPS) is 11.4. The van der Waals surface area contributed by atoms with Crippen molar-refractivity contribution in [3.63, 3.8) is 0 Å². The molecule has 0 fully saturated rings. The lowest BCUT2D eigenvalue weighted by atomic mass is 10.0. The van der Waals surface area contributed by atoms with Crippen LogP contribution in [0.15, 0.2) is 77.9 Å². The van der Waals surface area contributed by atoms with E-state index in [9.17, 15) is 4.79 Å². The van der Waals surface area contributed by atoms with Gasteiger partial charge in [-0.1, -0.05) is 61.0 Å². The van der Waals surface area contributed by atoms with Crippen molar-refractivity contribution in [3.05, 3.63) is 99.7 Å². The molecule has 0 aliphatic heterocycles. The zero-order valence-electron chi connectivity index (χ0n) is 16.4. The molecule has 0 radical (unpaired) electrons. The molecule has 5 rings (SSSR count). The fourth-order valence-corrected chi connectivity index (χ4v) is 3.94. The molecule has 5 nitrogen and oxygen atoms in total. The lowest BCUT2D eigenvalue weighted by molar-refractivity contribution is 0.765. The van der Waals surface area contributed by atoms with Crippen LogP contribution in [0.4, 0.5) is 0 Å². The van der Waals surface area contributed by atoms with Crippen molar-refractivity contribution < 1.29 is 0 Å². The second kappa shape index (κ2) is 7.43. The van der Waals surface area contributed by atoms with E-state index in [-0.39, 0.29) is 5.56 Å². The summed E-state index contributed by atoms with van der Waals surface area (Å²) < 4.78 is 3.48. The lowest BCUT2D eigenvalue weighted by Crippen LogP contribution is -2.21. The first kappa shape index (κ1) is 18.6. The second-order valence-electron chi connectivity index (χ2n) is 7.21. The lowest BCUT2D eigenvalue weighted by Gasteiger charge is -2.08. The number of fused-ring (bicyclic) bond motifs is 3. The summed E-state index contributed by atoms with van der Waals surface area (Å²) in [5, 5.41) is 6.01. The van der Waals surface area contributed by atoms with Gasteiger partial charge in [0.15, 0.2) is 5.65 Å². The van der Waals surface area contributed by atoms with Crippen LogP contribution in [0.1, 0.15) is 18.2 Å². The molecule has 3 heterocycles. The zero-order chi connectivity index (χ0) is 20.7. The third-order valence-corrected chi connectivity index (χ3v) is 5.57. The maximum atomic E-state index is 13.1. The van der Waals surface area contributed by atoms with Crippen molar-refractivity contribution in [2.45, 2.75) is 19.9 Å². The Labute approximate surface area is 178 Å². The summed E-state index contributed by atoms with van der Waals surface area (Å²) in [6.45, 7) is 2.55. The van der Waals surface area contributed by atoms with Crippen molar-refractivity contribution in [2.24, 2.45) is 0 Å². The molecule has 0 saturated carbocycles. The van der Waals surface area contributed by atoms with Crippen LogP contribution in [0.5, 0.6) is 0 Å². The first-order valence-electron chi connectivity index (χ1n) is 9.85. The van der Waals surface area contributed by atoms with E-state index < -0.39 is 0 Å². The monoisotopic (exact) mass is 414 g/mol. The molecule has 2 aromatic carbocycles. The first-order valence-corrected chi connectivity index (χ1v) is 10.2. The number of aromatic nitrogens is 4. The van der Waals surface area contributed by atoms with Crippen LogP contribution in [0.3, 0.4) is 0 Å². The number of hydrogen-bond donors (Lipinski definition) is 0. The molecule has 5 aromatic rings. The van der Waals surface area contributed by atoms with E-state index >= 15 is 0 Å². The van der Waals surface area contributed by atoms with E-state index in [0.29, 0.717) is 17.0 Å². The predicted molar refractivity (Wildman–Crippen MR) is 120 cm³/mol. The molecule has 0 N–H and O–H groups in total. The van der Waals surface area contributed by atoms with E-state index in [0.717, 1.165) is 40.0 Å². The van der Waals surface area contributed by atoms with Gasteiger partial charge in [0.2, 0.25) is 0 Å². The van der Waals surface area contributed by atoms with E-state index in [2.05, 4.69) is 24.0 Å². The highest BCUT2D eigenvalue weighted by Crippen LogP contribution is 2.29. The minimum absolute atomic E-state index is 0.0911. The summed E-state index contributed by atoms with van der Waals surface area (Å²) in [6.07, 6.45) is 4.26. The van der Waals surface area contributed by atoms with Crippen LogP contribution in [-0.2, 0) is 13.0 Å². The molecule has 0 saturated heterocycles. The van der Waals surface area contributed by atoms with Gasteiger partial charge in [-0.05, 0) is 35.7 Å². The molecule has 0 unspecified atom stereocenters. The molecule has 3 aromatic heterocycles. The molecule has 0 aliphatic carbocycles. The summed E-state index contributed by atoms with van der Waals surface area (Å²) in [6, 6.07) is 19.6. The number of aryl methyl sites for hydroxylation is 1. The fourth-order valence-electron chi connectivity index (χ4n) is 3.81. The smallest absolute Gasteiger partial charge is 0.261 e. The molecule has 0 bridgehead atoms. The van der Waals surface area contributed by atoms with E-state index in [1.165, 1.54) is 0 Å². The molecule has 0 atom stereocenters. The standard InChI is InChI=1S/C24H19ClN4O/c1-2-20-22(17-6-4-3-5-7-17)23-26-14-19-21(29(23)27-20)12-13-28(24(19)30)15-16-8-10-18(25)11-9-16/h3-14H,2,15H2,1H3. The van der Waals surface area contributed by atoms with Gasteiger partial charge in [0.25, 0.3) is 5.56 Å². The van der Waals surface area contributed by atoms with Gasteiger partial charge in [-0.2, -0.15) is 5.10 Å². The van der Waals surface area contributed by atoms with Gasteiger partial charge in [-0.15, -0.1) is 0 Å².